The Kier molecular flexibility index (Phi) is 15.3. The summed E-state index contributed by atoms with van der Waals surface area (Å²) in [4.78, 5) is 0. The normalized spacial score (nSPS) is 16.2. The number of nitrogens with zero attached hydrogens (tertiary/aromatic N) is 1. The van der Waals surface area contributed by atoms with E-state index in [4.69, 9.17) is 10.2 Å². The lowest BCUT2D eigenvalue weighted by Crippen LogP contribution is -2.75. The summed E-state index contributed by atoms with van der Waals surface area (Å²) in [5.41, 5.74) is 0. The largest absolute Gasteiger partial charge is 0.460 e. The molecule has 0 saturated carbocycles. The van der Waals surface area contributed by atoms with Gasteiger partial charge in [0.1, 0.15) is 0 Å². The molecule has 56 heavy (non-hydrogen) atoms. The maximum atomic E-state index is 13.8. The van der Waals surface area contributed by atoms with Crippen LogP contribution in [0.5, 0.6) is 0 Å². The summed E-state index contributed by atoms with van der Waals surface area (Å²) in [6.07, 6.45) is -17.9. The lowest BCUT2D eigenvalue weighted by molar-refractivity contribution is -0.458. The van der Waals surface area contributed by atoms with Crippen molar-refractivity contribution in [3.05, 3.63) is 0 Å². The molecule has 0 aliphatic heterocycles. The van der Waals surface area contributed by atoms with Crippen molar-refractivity contribution in [2.45, 2.75) is 96.1 Å². The van der Waals surface area contributed by atoms with Crippen molar-refractivity contribution < 1.29 is 150 Å². The average Bonchev–Trinajstić information content (AvgIpc) is 2.97. The third kappa shape index (κ3) is 7.91. The summed E-state index contributed by atoms with van der Waals surface area (Å²) in [7, 11) is -7.33. The van der Waals surface area contributed by atoms with Gasteiger partial charge in [-0.3, -0.25) is 0 Å². The lowest BCUT2D eigenvalue weighted by atomic mass is 9.91. The van der Waals surface area contributed by atoms with Gasteiger partial charge in [-0.15, -0.1) is 0 Å². The van der Waals surface area contributed by atoms with Crippen LogP contribution in [0.25, 0.3) is 0 Å². The smallest absolute Gasteiger partial charge is 0.396 e. The predicted octanol–water partition coefficient (Wildman–Crippen LogP) is 8.70. The summed E-state index contributed by atoms with van der Waals surface area (Å²) in [6, 6.07) is 0. The molecule has 0 aliphatic rings. The minimum Gasteiger partial charge on any atom is -0.396 e. The SMILES string of the molecule is CCN(CCO)S(=O)(=O)C(F)(F)C(F)(F)C(F)(F)C(F)(F)C(F)(F)C(F)(F)C(F)(F)C(F)(F)F.OCCC(F)(F)C(F)(F)C(F)(F)C(F)(F)C(F)(F)C(F)(F)F. The molecule has 0 rings (SSSR count). The summed E-state index contributed by atoms with van der Waals surface area (Å²) < 4.78 is 407. The van der Waals surface area contributed by atoms with Gasteiger partial charge in [-0.2, -0.15) is 136 Å². The summed E-state index contributed by atoms with van der Waals surface area (Å²) in [6.45, 7) is -5.94. The maximum Gasteiger partial charge on any atom is 0.460 e. The van der Waals surface area contributed by atoms with Crippen LogP contribution in [0.3, 0.4) is 0 Å². The number of aliphatic hydroxyl groups is 2. The van der Waals surface area contributed by atoms with Gasteiger partial charge in [-0.05, 0) is 0 Å². The van der Waals surface area contributed by atoms with Crippen LogP contribution in [0, 0.1) is 0 Å². The first-order valence-corrected chi connectivity index (χ1v) is 14.2. The van der Waals surface area contributed by atoms with E-state index in [-0.39, 0.29) is 0 Å². The second kappa shape index (κ2) is 15.4. The van der Waals surface area contributed by atoms with Crippen LogP contribution < -0.4 is 0 Å². The number of likely N-dealkylation sites (N-methyl/N-ethyl adjacent to an activating group) is 1. The Morgan fingerprint density at radius 3 is 0.875 bits per heavy atom. The van der Waals surface area contributed by atoms with Crippen molar-refractivity contribution in [2.75, 3.05) is 26.3 Å². The molecule has 0 heterocycles. The molecule has 2 N–H and O–H groups in total. The van der Waals surface area contributed by atoms with E-state index in [1.54, 1.807) is 0 Å². The van der Waals surface area contributed by atoms with E-state index in [1.165, 1.54) is 0 Å². The quantitative estimate of drug-likeness (QED) is 0.143. The highest BCUT2D eigenvalue weighted by Gasteiger charge is 2.96. The van der Waals surface area contributed by atoms with Crippen molar-refractivity contribution in [3.8, 4) is 0 Å². The number of alkyl halides is 30. The molecule has 0 bridgehead atoms. The van der Waals surface area contributed by atoms with Crippen molar-refractivity contribution in [2.24, 2.45) is 0 Å². The van der Waals surface area contributed by atoms with Gasteiger partial charge >= 0.3 is 82.8 Å². The van der Waals surface area contributed by atoms with Crippen molar-refractivity contribution in [1.82, 2.24) is 4.31 Å². The Morgan fingerprint density at radius 1 is 0.393 bits per heavy atom. The van der Waals surface area contributed by atoms with Gasteiger partial charge in [-0.25, -0.2) is 8.42 Å². The van der Waals surface area contributed by atoms with E-state index >= 15 is 0 Å². The van der Waals surface area contributed by atoms with Gasteiger partial charge < -0.3 is 10.2 Å². The molecule has 0 saturated heterocycles. The van der Waals surface area contributed by atoms with Crippen LogP contribution in [0.15, 0.2) is 0 Å². The summed E-state index contributed by atoms with van der Waals surface area (Å²) in [5, 5.41) is 8.82. The van der Waals surface area contributed by atoms with E-state index in [1.807, 2.05) is 0 Å². The van der Waals surface area contributed by atoms with E-state index in [0.717, 1.165) is 0 Å². The highest BCUT2D eigenvalue weighted by Crippen LogP contribution is 2.65. The van der Waals surface area contributed by atoms with Crippen LogP contribution in [0.4, 0.5) is 132 Å². The first kappa shape index (κ1) is 55.8. The monoisotopic (exact) mass is 935 g/mol. The Balaban J connectivity index is 0. The predicted molar refractivity (Wildman–Crippen MR) is 116 cm³/mol. The summed E-state index contributed by atoms with van der Waals surface area (Å²) >= 11 is 0. The molecule has 0 fully saturated rings. The molecule has 0 aliphatic carbocycles. The highest BCUT2D eigenvalue weighted by molar-refractivity contribution is 7.90. The second-order valence-electron chi connectivity index (χ2n) is 10.2. The topological polar surface area (TPSA) is 77.8 Å². The number of rotatable bonds is 17. The Hall–Kier alpha value is -2.27. The van der Waals surface area contributed by atoms with Gasteiger partial charge in [0.05, 0.1) is 6.61 Å². The fraction of sp³-hybridized carbons (Fsp3) is 1.00. The summed E-state index contributed by atoms with van der Waals surface area (Å²) in [5.74, 6) is -88.6. The van der Waals surface area contributed by atoms with Crippen LogP contribution in [-0.2, 0) is 10.0 Å². The molecule has 0 aromatic heterocycles. The number of sulfonamides is 1. The molecule has 0 aromatic carbocycles. The highest BCUT2D eigenvalue weighted by atomic mass is 32.2. The Labute approximate surface area is 288 Å². The number of hydrogen-bond acceptors (Lipinski definition) is 4. The molecule has 5 nitrogen and oxygen atoms in total. The average molecular weight is 935 g/mol. The van der Waals surface area contributed by atoms with Gasteiger partial charge in [0.15, 0.2) is 0 Å². The molecule has 36 heteroatoms. The number of hydrogen-bond donors (Lipinski definition) is 2. The molecule has 0 unspecified atom stereocenters. The maximum absolute atomic E-state index is 13.8. The first-order valence-electron chi connectivity index (χ1n) is 12.7. The standard InChI is InChI=1S/C12H10F17NO3S.C8H5F13O/c1-2-30(3-4-31)34(32,33)12(28,29)10(23,24)8(19,20)6(15,16)5(13,14)7(17,18)9(21,22)11(25,26)27;9-3(10,1-2-22)4(11,12)5(13,14)6(15,16)7(17,18)8(19,20)21/h31H,2-4H2,1H3;22H,1-2H2. The zero-order valence-electron chi connectivity index (χ0n) is 25.4. The van der Waals surface area contributed by atoms with Gasteiger partial charge in [0, 0.05) is 26.1 Å². The Morgan fingerprint density at radius 2 is 0.643 bits per heavy atom. The Bertz CT molecular complexity index is 1430. The van der Waals surface area contributed by atoms with Crippen molar-refractivity contribution in [3.63, 3.8) is 0 Å². The third-order valence-electron chi connectivity index (χ3n) is 6.48. The van der Waals surface area contributed by atoms with Crippen LogP contribution in [-0.4, -0.2) is 132 Å². The van der Waals surface area contributed by atoms with Crippen LogP contribution in [0.1, 0.15) is 13.3 Å². The third-order valence-corrected chi connectivity index (χ3v) is 8.51. The van der Waals surface area contributed by atoms with E-state index < -0.39 is 130 Å². The van der Waals surface area contributed by atoms with E-state index in [0.29, 0.717) is 6.92 Å². The van der Waals surface area contributed by atoms with Gasteiger partial charge in [0.2, 0.25) is 0 Å². The first-order chi connectivity index (χ1) is 23.8. The minimum atomic E-state index is -8.87. The molecule has 0 atom stereocenters. The van der Waals surface area contributed by atoms with E-state index in [2.05, 4.69) is 0 Å². The molecule has 0 aromatic rings. The molecule has 0 amide bonds. The molecule has 0 radical (unpaired) electrons. The zero-order chi connectivity index (χ0) is 46.6. The fourth-order valence-electron chi connectivity index (χ4n) is 3.13. The van der Waals surface area contributed by atoms with Crippen LogP contribution >= 0.6 is 0 Å². The molecular weight excluding hydrogens is 920 g/mol. The number of aliphatic hydroxyl groups excluding tert-OH is 2. The minimum absolute atomic E-state index is 0.516. The molecule has 340 valence electrons. The second-order valence-corrected chi connectivity index (χ2v) is 12.1. The van der Waals surface area contributed by atoms with Crippen molar-refractivity contribution in [1.29, 1.82) is 0 Å². The fourth-order valence-corrected chi connectivity index (χ4v) is 4.57. The molecular formula is C20H15F30NO4S. The van der Waals surface area contributed by atoms with E-state index in [9.17, 15) is 140 Å². The zero-order valence-corrected chi connectivity index (χ0v) is 26.3. The van der Waals surface area contributed by atoms with Crippen LogP contribution in [0.2, 0.25) is 0 Å². The van der Waals surface area contributed by atoms with Crippen molar-refractivity contribution >= 4 is 10.0 Å². The number of halogens is 30. The lowest BCUT2D eigenvalue weighted by Gasteiger charge is -2.43. The van der Waals surface area contributed by atoms with Gasteiger partial charge in [-0.1, -0.05) is 6.92 Å². The molecule has 0 spiro atoms. The van der Waals surface area contributed by atoms with Gasteiger partial charge in [0.25, 0.3) is 10.0 Å².